The van der Waals surface area contributed by atoms with Gasteiger partial charge < -0.3 is 10.2 Å². The maximum Gasteiger partial charge on any atom is 0.244 e. The van der Waals surface area contributed by atoms with Gasteiger partial charge in [0.1, 0.15) is 12.6 Å². The molecule has 1 N–H and O–H groups in total. The van der Waals surface area contributed by atoms with E-state index in [1.54, 1.807) is 36.4 Å². The fraction of sp³-hybridized carbons (Fsp3) is 0.333. The third-order valence-electron chi connectivity index (χ3n) is 7.03. The third kappa shape index (κ3) is 8.44. The summed E-state index contributed by atoms with van der Waals surface area (Å²) in [6.07, 6.45) is 5.30. The molecule has 2 amide bonds. The molecule has 1 atom stereocenters. The van der Waals surface area contributed by atoms with Gasteiger partial charge >= 0.3 is 0 Å². The average Bonchev–Trinajstić information content (AvgIpc) is 3.44. The molecule has 0 saturated heterocycles. The predicted molar refractivity (Wildman–Crippen MR) is 168 cm³/mol. The molecule has 3 aromatic rings. The summed E-state index contributed by atoms with van der Waals surface area (Å²) in [6.45, 7) is -0.315. The normalized spacial score (nSPS) is 14.5. The van der Waals surface area contributed by atoms with Gasteiger partial charge in [0.25, 0.3) is 0 Å². The highest BCUT2D eigenvalue weighted by atomic mass is 127. The number of rotatable bonds is 11. The summed E-state index contributed by atoms with van der Waals surface area (Å²) in [6, 6.07) is 22.8. The quantitative estimate of drug-likeness (QED) is 0.273. The second-order valence-corrected chi connectivity index (χ2v) is 13.7. The molecule has 0 bridgehead atoms. The molecule has 0 aromatic heterocycles. The fourth-order valence-electron chi connectivity index (χ4n) is 4.93. The summed E-state index contributed by atoms with van der Waals surface area (Å²) in [5.41, 5.74) is 2.07. The molecule has 1 unspecified atom stereocenters. The molecule has 1 aliphatic carbocycles. The first-order valence-electron chi connectivity index (χ1n) is 13.2. The summed E-state index contributed by atoms with van der Waals surface area (Å²) in [5, 5.41) is 3.72. The van der Waals surface area contributed by atoms with Crippen LogP contribution in [0.15, 0.2) is 78.9 Å². The van der Waals surface area contributed by atoms with Crippen molar-refractivity contribution in [2.24, 2.45) is 0 Å². The van der Waals surface area contributed by atoms with Gasteiger partial charge in [0.2, 0.25) is 21.8 Å². The molecule has 1 saturated carbocycles. The van der Waals surface area contributed by atoms with Crippen LogP contribution < -0.4 is 9.62 Å². The van der Waals surface area contributed by atoms with Crippen LogP contribution in [0.2, 0.25) is 5.02 Å². The minimum absolute atomic E-state index is 0.0672. The van der Waals surface area contributed by atoms with Gasteiger partial charge in [0.15, 0.2) is 0 Å². The lowest BCUT2D eigenvalue weighted by molar-refractivity contribution is -0.140. The summed E-state index contributed by atoms with van der Waals surface area (Å²) in [5.74, 6) is -0.709. The number of nitrogens with zero attached hydrogens (tertiary/aromatic N) is 2. The molecule has 4 rings (SSSR count). The van der Waals surface area contributed by atoms with Crippen LogP contribution in [0, 0.1) is 3.57 Å². The van der Waals surface area contributed by atoms with E-state index in [1.807, 2.05) is 42.5 Å². The van der Waals surface area contributed by atoms with Crippen LogP contribution in [-0.2, 0) is 32.6 Å². The molecule has 0 aliphatic heterocycles. The first kappa shape index (κ1) is 30.3. The molecule has 0 spiro atoms. The van der Waals surface area contributed by atoms with Crippen LogP contribution >= 0.6 is 34.2 Å². The van der Waals surface area contributed by atoms with Crippen molar-refractivity contribution in [2.45, 2.75) is 50.7 Å². The van der Waals surface area contributed by atoms with Crippen molar-refractivity contribution >= 4 is 61.7 Å². The summed E-state index contributed by atoms with van der Waals surface area (Å²) in [7, 11) is -3.80. The van der Waals surface area contributed by atoms with E-state index >= 15 is 0 Å². The molecule has 0 heterocycles. The number of carbonyl (C=O) groups is 2. The Morgan fingerprint density at radius 2 is 1.57 bits per heavy atom. The number of benzene rings is 3. The fourth-order valence-corrected chi connectivity index (χ4v) is 6.26. The number of carbonyl (C=O) groups excluding carboxylic acids is 2. The minimum atomic E-state index is -3.80. The number of amides is 2. The third-order valence-corrected chi connectivity index (χ3v) is 9.14. The minimum Gasteiger partial charge on any atom is -0.352 e. The molecular formula is C30H33ClIN3O4S. The number of halogens is 2. The highest BCUT2D eigenvalue weighted by molar-refractivity contribution is 14.1. The van der Waals surface area contributed by atoms with Gasteiger partial charge in [-0.2, -0.15) is 0 Å². The molecule has 1 aliphatic rings. The Morgan fingerprint density at radius 3 is 2.17 bits per heavy atom. The lowest BCUT2D eigenvalue weighted by atomic mass is 10.0. The molecule has 3 aromatic carbocycles. The van der Waals surface area contributed by atoms with Gasteiger partial charge in [-0.15, -0.1) is 0 Å². The Hall–Kier alpha value is -2.63. The zero-order valence-corrected chi connectivity index (χ0v) is 26.0. The van der Waals surface area contributed by atoms with E-state index in [-0.39, 0.29) is 18.5 Å². The number of sulfonamides is 1. The zero-order valence-electron chi connectivity index (χ0n) is 22.3. The lowest BCUT2D eigenvalue weighted by Gasteiger charge is -2.34. The maximum atomic E-state index is 14.1. The summed E-state index contributed by atoms with van der Waals surface area (Å²) in [4.78, 5) is 29.4. The van der Waals surface area contributed by atoms with E-state index in [0.717, 1.165) is 50.9 Å². The number of hydrogen-bond acceptors (Lipinski definition) is 4. The molecule has 212 valence electrons. The van der Waals surface area contributed by atoms with Gasteiger partial charge in [0.05, 0.1) is 11.9 Å². The van der Waals surface area contributed by atoms with Crippen molar-refractivity contribution in [3.63, 3.8) is 0 Å². The van der Waals surface area contributed by atoms with Gasteiger partial charge in [-0.05, 0) is 83.0 Å². The zero-order chi connectivity index (χ0) is 28.7. The monoisotopic (exact) mass is 693 g/mol. The number of nitrogens with one attached hydrogen (secondary N) is 1. The first-order chi connectivity index (χ1) is 19.1. The highest BCUT2D eigenvalue weighted by Gasteiger charge is 2.34. The molecule has 1 fully saturated rings. The van der Waals surface area contributed by atoms with Crippen molar-refractivity contribution in [3.05, 3.63) is 98.6 Å². The Bertz CT molecular complexity index is 1400. The number of hydrogen-bond donors (Lipinski definition) is 1. The van der Waals surface area contributed by atoms with E-state index in [4.69, 9.17) is 11.6 Å². The first-order valence-corrected chi connectivity index (χ1v) is 16.5. The summed E-state index contributed by atoms with van der Waals surface area (Å²) >= 11 is 8.25. The van der Waals surface area contributed by atoms with Gasteiger partial charge in [-0.1, -0.05) is 66.9 Å². The molecule has 7 nitrogen and oxygen atoms in total. The topological polar surface area (TPSA) is 86.8 Å². The van der Waals surface area contributed by atoms with E-state index in [0.29, 0.717) is 17.1 Å². The van der Waals surface area contributed by atoms with Gasteiger partial charge in [-0.3, -0.25) is 13.9 Å². The predicted octanol–water partition coefficient (Wildman–Crippen LogP) is 5.41. The van der Waals surface area contributed by atoms with Gasteiger partial charge in [-0.25, -0.2) is 8.42 Å². The molecule has 40 heavy (non-hydrogen) atoms. The largest absolute Gasteiger partial charge is 0.352 e. The average molecular weight is 694 g/mol. The Balaban J connectivity index is 1.71. The van der Waals surface area contributed by atoms with Crippen molar-refractivity contribution < 1.29 is 18.0 Å². The van der Waals surface area contributed by atoms with Crippen molar-refractivity contribution in [1.29, 1.82) is 0 Å². The van der Waals surface area contributed by atoms with E-state index in [9.17, 15) is 18.0 Å². The maximum absolute atomic E-state index is 14.1. The Labute approximate surface area is 255 Å². The Morgan fingerprint density at radius 1 is 0.950 bits per heavy atom. The van der Waals surface area contributed by atoms with Crippen LogP contribution in [0.3, 0.4) is 0 Å². The molecular weight excluding hydrogens is 661 g/mol. The molecule has 10 heteroatoms. The van der Waals surface area contributed by atoms with E-state index in [2.05, 4.69) is 27.9 Å². The van der Waals surface area contributed by atoms with Crippen molar-refractivity contribution in [2.75, 3.05) is 17.1 Å². The highest BCUT2D eigenvalue weighted by Crippen LogP contribution is 2.23. The second kappa shape index (κ2) is 13.8. The van der Waals surface area contributed by atoms with Crippen molar-refractivity contribution in [3.8, 4) is 0 Å². The Kier molecular flexibility index (Phi) is 10.5. The lowest BCUT2D eigenvalue weighted by Crippen LogP contribution is -2.54. The smallest absolute Gasteiger partial charge is 0.244 e. The van der Waals surface area contributed by atoms with Gasteiger partial charge in [0, 0.05) is 27.6 Å². The standard InChI is InChI=1S/C30H33ClIN3O4S/c1-40(38,39)35(27-17-15-25(32)16-18-27)21-29(36)34(20-23-11-13-24(31)14-12-23)28(19-22-7-3-2-4-8-22)30(37)33-26-9-5-6-10-26/h2-4,7-8,11-18,26,28H,5-6,9-10,19-21H2,1H3,(H,33,37). The van der Waals surface area contributed by atoms with Crippen LogP contribution in [-0.4, -0.2) is 50.0 Å². The number of anilines is 1. The second-order valence-electron chi connectivity index (χ2n) is 10.1. The van der Waals surface area contributed by atoms with Crippen LogP contribution in [0.4, 0.5) is 5.69 Å². The van der Waals surface area contributed by atoms with Crippen molar-refractivity contribution in [1.82, 2.24) is 10.2 Å². The SMILES string of the molecule is CS(=O)(=O)N(CC(=O)N(Cc1ccc(Cl)cc1)C(Cc1ccccc1)C(=O)NC1CCCC1)c1ccc(I)cc1. The van der Waals surface area contributed by atoms with Crippen LogP contribution in [0.25, 0.3) is 0 Å². The van der Waals surface area contributed by atoms with Crippen LogP contribution in [0.1, 0.15) is 36.8 Å². The van der Waals surface area contributed by atoms with E-state index in [1.165, 1.54) is 4.90 Å². The van der Waals surface area contributed by atoms with Crippen LogP contribution in [0.5, 0.6) is 0 Å². The van der Waals surface area contributed by atoms with E-state index < -0.39 is 28.5 Å². The molecule has 0 radical (unpaired) electrons. The summed E-state index contributed by atoms with van der Waals surface area (Å²) < 4.78 is 27.7.